The molecule has 7 heteroatoms. The zero-order valence-electron chi connectivity index (χ0n) is 12.8. The summed E-state index contributed by atoms with van der Waals surface area (Å²) in [5.41, 5.74) is 0.746. The number of ether oxygens (including phenoxy) is 2. The van der Waals surface area contributed by atoms with Gasteiger partial charge in [-0.05, 0) is 49.4 Å². The predicted molar refractivity (Wildman–Crippen MR) is 98.1 cm³/mol. The number of carbonyl (C=O) groups is 1. The van der Waals surface area contributed by atoms with Crippen molar-refractivity contribution in [1.82, 2.24) is 4.98 Å². The fourth-order valence-electron chi connectivity index (χ4n) is 2.09. The van der Waals surface area contributed by atoms with Crippen LogP contribution in [0.3, 0.4) is 0 Å². The number of rotatable bonds is 5. The van der Waals surface area contributed by atoms with Gasteiger partial charge in [0, 0.05) is 16.5 Å². The number of aliphatic carboxylic acids is 1. The van der Waals surface area contributed by atoms with Crippen molar-refractivity contribution in [2.45, 2.75) is 13.0 Å². The second kappa shape index (κ2) is 8.54. The second-order valence-corrected chi connectivity index (χ2v) is 5.59. The molecule has 1 atom stereocenters. The topological polar surface area (TPSA) is 68.7 Å². The summed E-state index contributed by atoms with van der Waals surface area (Å²) in [5.74, 6) is 0.446. The first-order chi connectivity index (χ1) is 11.5. The van der Waals surface area contributed by atoms with E-state index in [0.717, 1.165) is 10.9 Å². The molecule has 0 bridgehead atoms. The van der Waals surface area contributed by atoms with E-state index in [9.17, 15) is 4.79 Å². The van der Waals surface area contributed by atoms with E-state index in [-0.39, 0.29) is 29.6 Å². The molecular formula is C18H15ClNNaO4. The number of aromatic nitrogens is 1. The minimum atomic E-state index is -1.02. The molecule has 2 aromatic carbocycles. The van der Waals surface area contributed by atoms with Gasteiger partial charge in [0.1, 0.15) is 11.5 Å². The van der Waals surface area contributed by atoms with Gasteiger partial charge in [0.05, 0.1) is 5.52 Å². The van der Waals surface area contributed by atoms with Crippen molar-refractivity contribution >= 4 is 58.0 Å². The Morgan fingerprint density at radius 2 is 1.72 bits per heavy atom. The number of halogens is 1. The molecule has 5 nitrogen and oxygen atoms in total. The zero-order valence-corrected chi connectivity index (χ0v) is 13.5. The van der Waals surface area contributed by atoms with Crippen LogP contribution < -0.4 is 9.47 Å². The van der Waals surface area contributed by atoms with Crippen LogP contribution in [0.15, 0.2) is 54.6 Å². The minimum absolute atomic E-state index is 0. The van der Waals surface area contributed by atoms with E-state index in [1.807, 2.05) is 18.2 Å². The molecule has 0 fully saturated rings. The Morgan fingerprint density at radius 1 is 1.08 bits per heavy atom. The Kier molecular flexibility index (Phi) is 6.67. The predicted octanol–water partition coefficient (Wildman–Crippen LogP) is 3.88. The SMILES string of the molecule is C[C@@H](Oc1ccc(Oc2ccc3ccc(Cl)cc3n2)cc1)C(=O)O.[NaH]. The van der Waals surface area contributed by atoms with E-state index in [1.54, 1.807) is 36.4 Å². The molecule has 0 amide bonds. The van der Waals surface area contributed by atoms with Gasteiger partial charge >= 0.3 is 35.5 Å². The van der Waals surface area contributed by atoms with Gasteiger partial charge in [-0.25, -0.2) is 9.78 Å². The Bertz CT molecular complexity index is 886. The molecule has 0 spiro atoms. The van der Waals surface area contributed by atoms with Gasteiger partial charge in [-0.2, -0.15) is 0 Å². The number of nitrogens with zero attached hydrogens (tertiary/aromatic N) is 1. The van der Waals surface area contributed by atoms with Crippen molar-refractivity contribution in [2.75, 3.05) is 0 Å². The number of hydrogen-bond donors (Lipinski definition) is 1. The van der Waals surface area contributed by atoms with E-state index in [2.05, 4.69) is 4.98 Å². The number of carboxylic acids is 1. The summed E-state index contributed by atoms with van der Waals surface area (Å²) in [6.45, 7) is 1.47. The van der Waals surface area contributed by atoms with E-state index in [0.29, 0.717) is 22.4 Å². The third-order valence-electron chi connectivity index (χ3n) is 3.34. The van der Waals surface area contributed by atoms with Crippen LogP contribution >= 0.6 is 11.6 Å². The van der Waals surface area contributed by atoms with Crippen LogP contribution in [0.1, 0.15) is 6.92 Å². The molecule has 0 radical (unpaired) electrons. The summed E-state index contributed by atoms with van der Waals surface area (Å²) in [4.78, 5) is 15.2. The molecule has 1 aromatic heterocycles. The fraction of sp³-hybridized carbons (Fsp3) is 0.111. The third kappa shape index (κ3) is 5.09. The van der Waals surface area contributed by atoms with Crippen molar-refractivity contribution in [2.24, 2.45) is 0 Å². The Morgan fingerprint density at radius 3 is 2.40 bits per heavy atom. The average Bonchev–Trinajstić information content (AvgIpc) is 2.56. The van der Waals surface area contributed by atoms with Crippen LogP contribution in [0.4, 0.5) is 0 Å². The number of carboxylic acid groups (broad SMARTS) is 1. The Labute approximate surface area is 171 Å². The van der Waals surface area contributed by atoms with Gasteiger partial charge in [0.25, 0.3) is 0 Å². The number of hydrogen-bond acceptors (Lipinski definition) is 4. The van der Waals surface area contributed by atoms with Crippen LogP contribution in [0.2, 0.25) is 5.02 Å². The molecule has 124 valence electrons. The molecule has 1 N–H and O–H groups in total. The van der Waals surface area contributed by atoms with Gasteiger partial charge in [0.15, 0.2) is 6.10 Å². The van der Waals surface area contributed by atoms with Crippen LogP contribution in [0.25, 0.3) is 10.9 Å². The third-order valence-corrected chi connectivity index (χ3v) is 3.57. The van der Waals surface area contributed by atoms with E-state index in [1.165, 1.54) is 6.92 Å². The van der Waals surface area contributed by atoms with Crippen molar-refractivity contribution in [1.29, 1.82) is 0 Å². The monoisotopic (exact) mass is 367 g/mol. The van der Waals surface area contributed by atoms with Crippen molar-refractivity contribution in [3.05, 3.63) is 59.6 Å². The van der Waals surface area contributed by atoms with E-state index >= 15 is 0 Å². The molecule has 1 heterocycles. The first-order valence-corrected chi connectivity index (χ1v) is 7.63. The fourth-order valence-corrected chi connectivity index (χ4v) is 2.26. The first-order valence-electron chi connectivity index (χ1n) is 7.25. The molecular weight excluding hydrogens is 353 g/mol. The molecule has 0 aliphatic heterocycles. The zero-order chi connectivity index (χ0) is 17.1. The van der Waals surface area contributed by atoms with Crippen LogP contribution in [0, 0.1) is 0 Å². The van der Waals surface area contributed by atoms with Gasteiger partial charge < -0.3 is 14.6 Å². The van der Waals surface area contributed by atoms with Crippen molar-refractivity contribution < 1.29 is 19.4 Å². The second-order valence-electron chi connectivity index (χ2n) is 5.16. The molecule has 3 rings (SSSR count). The standard InChI is InChI=1S/C18H14ClNO4.Na.H/c1-11(18(21)22)23-14-5-7-15(8-6-14)24-17-9-3-12-2-4-13(19)10-16(12)20-17;;/h2-11H,1H3,(H,21,22);;/t11-;;/m1../s1. The summed E-state index contributed by atoms with van der Waals surface area (Å²) < 4.78 is 11.0. The summed E-state index contributed by atoms with van der Waals surface area (Å²) in [5, 5.41) is 10.4. The molecule has 0 aliphatic rings. The van der Waals surface area contributed by atoms with Crippen molar-refractivity contribution in [3.8, 4) is 17.4 Å². The maximum absolute atomic E-state index is 10.8. The number of pyridine rings is 1. The molecule has 0 saturated carbocycles. The normalized spacial score (nSPS) is 11.4. The Hall–Kier alpha value is -1.79. The van der Waals surface area contributed by atoms with Gasteiger partial charge in [-0.3, -0.25) is 0 Å². The molecule has 3 aromatic rings. The summed E-state index contributed by atoms with van der Waals surface area (Å²) in [6.07, 6.45) is -0.913. The van der Waals surface area contributed by atoms with Gasteiger partial charge in [-0.1, -0.05) is 17.7 Å². The molecule has 25 heavy (non-hydrogen) atoms. The quantitative estimate of drug-likeness (QED) is 0.693. The maximum atomic E-state index is 10.8. The summed E-state index contributed by atoms with van der Waals surface area (Å²) in [6, 6.07) is 15.8. The average molecular weight is 368 g/mol. The number of benzene rings is 2. The first kappa shape index (κ1) is 19.5. The van der Waals surface area contributed by atoms with Crippen LogP contribution in [-0.2, 0) is 4.79 Å². The van der Waals surface area contributed by atoms with Gasteiger partial charge in [-0.15, -0.1) is 0 Å². The summed E-state index contributed by atoms with van der Waals surface area (Å²) in [7, 11) is 0. The molecule has 0 unspecified atom stereocenters. The van der Waals surface area contributed by atoms with Crippen molar-refractivity contribution in [3.63, 3.8) is 0 Å². The van der Waals surface area contributed by atoms with E-state index in [4.69, 9.17) is 26.2 Å². The van der Waals surface area contributed by atoms with Crippen LogP contribution in [-0.4, -0.2) is 51.7 Å². The van der Waals surface area contributed by atoms with Gasteiger partial charge in [0.2, 0.25) is 5.88 Å². The molecule has 0 saturated heterocycles. The molecule has 0 aliphatic carbocycles. The van der Waals surface area contributed by atoms with Crippen LogP contribution in [0.5, 0.6) is 17.4 Å². The Balaban J connectivity index is 0.00000225. The number of fused-ring (bicyclic) bond motifs is 1. The van der Waals surface area contributed by atoms with E-state index < -0.39 is 12.1 Å². The summed E-state index contributed by atoms with van der Waals surface area (Å²) >= 11 is 5.98.